The molecule has 1 heteroatoms. The van der Waals surface area contributed by atoms with Gasteiger partial charge in [-0.05, 0) is 18.0 Å². The SMILES string of the molecule is [2H]C([2H])([2H])C([2H])(C([2H])([2H])[2H])C([2H])([2H])NCc1ccccc1. The molecule has 66 valence electrons. The van der Waals surface area contributed by atoms with Crippen LogP contribution in [0.3, 0.4) is 0 Å². The second-order valence-electron chi connectivity index (χ2n) is 2.34. The summed E-state index contributed by atoms with van der Waals surface area (Å²) in [6, 6.07) is 8.55. The standard InChI is InChI=1S/C11H17N/c1-10(2)8-12-9-11-6-4-3-5-7-11/h3-7,10,12H,8-9H2,1-2H3/i1D3,2D3,8D2,10D. The molecule has 12 heavy (non-hydrogen) atoms. The van der Waals surface area contributed by atoms with Crippen LogP contribution in [0.2, 0.25) is 0 Å². The normalized spacial score (nSPS) is 25.8. The molecular formula is C11H17N. The first-order valence-corrected chi connectivity index (χ1v) is 3.62. The average Bonchev–Trinajstić information content (AvgIpc) is 2.34. The molecule has 0 radical (unpaired) electrons. The predicted octanol–water partition coefficient (Wildman–Crippen LogP) is 2.43. The van der Waals surface area contributed by atoms with Crippen LogP contribution in [0.25, 0.3) is 0 Å². The van der Waals surface area contributed by atoms with Gasteiger partial charge in [0.05, 0.1) is 0 Å². The van der Waals surface area contributed by atoms with Crippen molar-refractivity contribution in [3.05, 3.63) is 35.9 Å². The highest BCUT2D eigenvalue weighted by Crippen LogP contribution is 1.97. The third-order valence-electron chi connectivity index (χ3n) is 1.35. The Labute approximate surface area is 87.5 Å². The van der Waals surface area contributed by atoms with Crippen LogP contribution in [0.4, 0.5) is 0 Å². The van der Waals surface area contributed by atoms with Gasteiger partial charge in [0.1, 0.15) is 0 Å². The molecule has 0 fully saturated rings. The lowest BCUT2D eigenvalue weighted by molar-refractivity contribution is 0.552. The van der Waals surface area contributed by atoms with Crippen molar-refractivity contribution in [2.45, 2.75) is 20.2 Å². The first kappa shape index (κ1) is 2.85. The van der Waals surface area contributed by atoms with Crippen LogP contribution < -0.4 is 5.32 Å². The molecular weight excluding hydrogens is 146 g/mol. The smallest absolute Gasteiger partial charge is 0.0431 e. The fourth-order valence-corrected chi connectivity index (χ4v) is 0.831. The van der Waals surface area contributed by atoms with Crippen molar-refractivity contribution in [2.75, 3.05) is 6.50 Å². The van der Waals surface area contributed by atoms with Crippen LogP contribution >= 0.6 is 0 Å². The van der Waals surface area contributed by atoms with Gasteiger partial charge in [-0.15, -0.1) is 0 Å². The van der Waals surface area contributed by atoms with Gasteiger partial charge in [-0.25, -0.2) is 0 Å². The van der Waals surface area contributed by atoms with Gasteiger partial charge >= 0.3 is 0 Å². The Hall–Kier alpha value is -0.820. The van der Waals surface area contributed by atoms with Crippen molar-refractivity contribution >= 4 is 0 Å². The van der Waals surface area contributed by atoms with E-state index in [1.807, 2.05) is 0 Å². The Bertz CT molecular complexity index is 449. The lowest BCUT2D eigenvalue weighted by Gasteiger charge is -2.06. The molecule has 0 atom stereocenters. The Morgan fingerprint density at radius 3 is 2.92 bits per heavy atom. The largest absolute Gasteiger partial charge is 0.312 e. The molecule has 0 saturated heterocycles. The number of nitrogens with one attached hydrogen (secondary N) is 1. The number of benzene rings is 1. The minimum Gasteiger partial charge on any atom is -0.312 e. The third kappa shape index (κ3) is 3.54. The zero-order chi connectivity index (χ0) is 16.5. The van der Waals surface area contributed by atoms with E-state index in [0.717, 1.165) is 0 Å². The molecule has 1 N–H and O–H groups in total. The predicted molar refractivity (Wildman–Crippen MR) is 53.0 cm³/mol. The van der Waals surface area contributed by atoms with E-state index in [1.165, 1.54) is 0 Å². The lowest BCUT2D eigenvalue weighted by atomic mass is 10.2. The highest BCUT2D eigenvalue weighted by molar-refractivity contribution is 5.14. The van der Waals surface area contributed by atoms with Crippen molar-refractivity contribution in [3.63, 3.8) is 0 Å². The van der Waals surface area contributed by atoms with Crippen LogP contribution in [-0.4, -0.2) is 6.50 Å². The summed E-state index contributed by atoms with van der Waals surface area (Å²) < 4.78 is 67.1. The van der Waals surface area contributed by atoms with E-state index in [4.69, 9.17) is 12.3 Å². The quantitative estimate of drug-likeness (QED) is 0.735. The summed E-state index contributed by atoms with van der Waals surface area (Å²) in [7, 11) is 0. The second kappa shape index (κ2) is 4.94. The van der Waals surface area contributed by atoms with Crippen molar-refractivity contribution < 1.29 is 12.3 Å². The van der Waals surface area contributed by atoms with E-state index in [1.54, 1.807) is 30.3 Å². The Morgan fingerprint density at radius 1 is 1.50 bits per heavy atom. The number of hydrogen-bond donors (Lipinski definition) is 1. The molecule has 1 aromatic carbocycles. The van der Waals surface area contributed by atoms with Crippen LogP contribution in [0, 0.1) is 5.89 Å². The summed E-state index contributed by atoms with van der Waals surface area (Å²) in [5.41, 5.74) is 0.653. The maximum Gasteiger partial charge on any atom is 0.0431 e. The molecule has 0 spiro atoms. The van der Waals surface area contributed by atoms with Gasteiger partial charge in [-0.2, -0.15) is 0 Å². The Kier molecular flexibility index (Phi) is 1.17. The van der Waals surface area contributed by atoms with Crippen molar-refractivity contribution in [2.24, 2.45) is 5.89 Å². The third-order valence-corrected chi connectivity index (χ3v) is 1.35. The van der Waals surface area contributed by atoms with E-state index < -0.39 is 26.1 Å². The summed E-state index contributed by atoms with van der Waals surface area (Å²) in [5, 5.41) is 2.25. The van der Waals surface area contributed by atoms with E-state index in [2.05, 4.69) is 5.32 Å². The Balaban J connectivity index is 3.06. The molecule has 0 bridgehead atoms. The van der Waals surface area contributed by atoms with Crippen LogP contribution in [0.5, 0.6) is 0 Å². The van der Waals surface area contributed by atoms with Gasteiger partial charge < -0.3 is 5.32 Å². The molecule has 1 nitrogen and oxygen atoms in total. The van der Waals surface area contributed by atoms with E-state index in [0.29, 0.717) is 5.56 Å². The van der Waals surface area contributed by atoms with Crippen molar-refractivity contribution in [1.82, 2.24) is 5.32 Å². The minimum atomic E-state index is -3.31. The molecule has 0 aliphatic carbocycles. The fourth-order valence-electron chi connectivity index (χ4n) is 0.831. The van der Waals surface area contributed by atoms with Gasteiger partial charge in [0.15, 0.2) is 0 Å². The number of hydrogen-bond acceptors (Lipinski definition) is 1. The molecule has 1 aromatic rings. The zero-order valence-corrected chi connectivity index (χ0v) is 6.59. The van der Waals surface area contributed by atoms with Gasteiger partial charge in [-0.1, -0.05) is 44.0 Å². The summed E-state index contributed by atoms with van der Waals surface area (Å²) in [6.45, 7) is -9.64. The molecule has 0 saturated carbocycles. The fraction of sp³-hybridized carbons (Fsp3) is 0.455. The summed E-state index contributed by atoms with van der Waals surface area (Å²) in [4.78, 5) is 0. The molecule has 0 heterocycles. The maximum absolute atomic E-state index is 7.83. The van der Waals surface area contributed by atoms with Crippen molar-refractivity contribution in [1.29, 1.82) is 0 Å². The van der Waals surface area contributed by atoms with Crippen LogP contribution in [-0.2, 0) is 6.54 Å². The molecule has 0 aliphatic heterocycles. The molecule has 0 amide bonds. The monoisotopic (exact) mass is 172 g/mol. The van der Waals surface area contributed by atoms with Crippen molar-refractivity contribution in [3.8, 4) is 0 Å². The zero-order valence-electron chi connectivity index (χ0n) is 15.6. The molecule has 0 unspecified atom stereocenters. The molecule has 1 rings (SSSR count). The van der Waals surface area contributed by atoms with Crippen LogP contribution in [0.1, 0.15) is 31.6 Å². The Morgan fingerprint density at radius 2 is 2.25 bits per heavy atom. The van der Waals surface area contributed by atoms with E-state index >= 15 is 0 Å². The van der Waals surface area contributed by atoms with Gasteiger partial charge in [0, 0.05) is 18.9 Å². The topological polar surface area (TPSA) is 12.0 Å². The van der Waals surface area contributed by atoms with E-state index in [-0.39, 0.29) is 6.54 Å². The van der Waals surface area contributed by atoms with Gasteiger partial charge in [-0.3, -0.25) is 0 Å². The first-order chi connectivity index (χ1) is 9.33. The molecule has 0 aliphatic rings. The first-order valence-electron chi connectivity index (χ1n) is 8.12. The lowest BCUT2D eigenvalue weighted by Crippen LogP contribution is -2.18. The molecule has 0 aromatic heterocycles. The van der Waals surface area contributed by atoms with Crippen LogP contribution in [0.15, 0.2) is 30.3 Å². The second-order valence-corrected chi connectivity index (χ2v) is 2.34. The summed E-state index contributed by atoms with van der Waals surface area (Å²) >= 11 is 0. The van der Waals surface area contributed by atoms with Gasteiger partial charge in [0.25, 0.3) is 0 Å². The van der Waals surface area contributed by atoms with E-state index in [9.17, 15) is 0 Å². The highest BCUT2D eigenvalue weighted by Gasteiger charge is 1.93. The average molecular weight is 172 g/mol. The highest BCUT2D eigenvalue weighted by atomic mass is 14.8. The summed E-state index contributed by atoms with van der Waals surface area (Å²) in [5.74, 6) is -3.28. The minimum absolute atomic E-state index is 0.0827. The maximum atomic E-state index is 7.83. The summed E-state index contributed by atoms with van der Waals surface area (Å²) in [6.07, 6.45) is 0. The van der Waals surface area contributed by atoms with Gasteiger partial charge in [0.2, 0.25) is 0 Å². The number of rotatable bonds is 4.